The summed E-state index contributed by atoms with van der Waals surface area (Å²) in [6.45, 7) is 16.3. The molecule has 6 rings (SSSR count). The number of allylic oxidation sites excluding steroid dienone is 1. The van der Waals surface area contributed by atoms with Gasteiger partial charge in [-0.25, -0.2) is 4.79 Å². The number of rotatable bonds is 6. The van der Waals surface area contributed by atoms with E-state index in [4.69, 9.17) is 9.47 Å². The van der Waals surface area contributed by atoms with Crippen molar-refractivity contribution in [1.82, 2.24) is 0 Å². The number of fused-ring (bicyclic) bond motifs is 7. The SMILES string of the molecule is C=C(C)[C@@H]1CC[C@]2(C(=O)OC)CC[C@]3(COC(=O)/C=C/c4ccc(O)c(O)c4)[C@H](CC[C@@H]4[C@@]5(C)CC[C@H](O)C(C)(C)[C@@H]5CC[C@]43C)[C@@H]12. The fourth-order valence-electron chi connectivity index (χ4n) is 12.9. The molecule has 3 N–H and O–H groups in total. The van der Waals surface area contributed by atoms with Gasteiger partial charge in [0, 0.05) is 11.5 Å². The van der Waals surface area contributed by atoms with Gasteiger partial charge >= 0.3 is 11.9 Å². The molecule has 258 valence electrons. The second kappa shape index (κ2) is 11.7. The predicted molar refractivity (Wildman–Crippen MR) is 181 cm³/mol. The summed E-state index contributed by atoms with van der Waals surface area (Å²) in [4.78, 5) is 27.2. The third-order valence-corrected chi connectivity index (χ3v) is 15.2. The first-order valence-corrected chi connectivity index (χ1v) is 17.9. The van der Waals surface area contributed by atoms with E-state index in [0.717, 1.165) is 69.8 Å². The average molecular weight is 649 g/mol. The van der Waals surface area contributed by atoms with E-state index >= 15 is 0 Å². The molecule has 5 saturated carbocycles. The number of carbonyl (C=O) groups excluding carboxylic acids is 2. The molecule has 0 aliphatic heterocycles. The molecule has 1 aromatic rings. The maximum Gasteiger partial charge on any atom is 0.330 e. The van der Waals surface area contributed by atoms with Gasteiger partial charge in [0.2, 0.25) is 0 Å². The maximum atomic E-state index is 13.7. The molecule has 1 aromatic carbocycles. The van der Waals surface area contributed by atoms with E-state index in [1.165, 1.54) is 25.3 Å². The van der Waals surface area contributed by atoms with Crippen LogP contribution in [0.2, 0.25) is 0 Å². The minimum atomic E-state index is -0.543. The first-order chi connectivity index (χ1) is 22.1. The zero-order valence-corrected chi connectivity index (χ0v) is 29.3. The van der Waals surface area contributed by atoms with Gasteiger partial charge in [0.05, 0.1) is 25.2 Å². The van der Waals surface area contributed by atoms with Gasteiger partial charge in [-0.05, 0) is 141 Å². The third kappa shape index (κ3) is 4.91. The molecule has 5 aliphatic rings. The number of aliphatic hydroxyl groups excluding tert-OH is 1. The highest BCUT2D eigenvalue weighted by Crippen LogP contribution is 2.77. The minimum absolute atomic E-state index is 0.0544. The van der Waals surface area contributed by atoms with Crippen molar-refractivity contribution in [3.63, 3.8) is 0 Å². The summed E-state index contributed by atoms with van der Waals surface area (Å²) in [5, 5.41) is 30.7. The van der Waals surface area contributed by atoms with Crippen LogP contribution in [-0.2, 0) is 19.1 Å². The molecular formula is C40H56O7. The number of hydrogen-bond donors (Lipinski definition) is 3. The normalized spacial score (nSPS) is 42.0. The summed E-state index contributed by atoms with van der Waals surface area (Å²) in [5.41, 5.74) is 0.599. The van der Waals surface area contributed by atoms with E-state index in [-0.39, 0.29) is 69.6 Å². The van der Waals surface area contributed by atoms with Gasteiger partial charge in [-0.15, -0.1) is 0 Å². The molecule has 0 saturated heterocycles. The zero-order chi connectivity index (χ0) is 34.2. The monoisotopic (exact) mass is 648 g/mol. The van der Waals surface area contributed by atoms with Crippen LogP contribution in [0.3, 0.4) is 0 Å². The van der Waals surface area contributed by atoms with E-state index in [0.29, 0.717) is 17.4 Å². The van der Waals surface area contributed by atoms with Crippen molar-refractivity contribution in [1.29, 1.82) is 0 Å². The Kier molecular flexibility index (Phi) is 8.46. The molecular weight excluding hydrogens is 592 g/mol. The summed E-state index contributed by atoms with van der Waals surface area (Å²) in [6.07, 6.45) is 11.8. The molecule has 5 aliphatic carbocycles. The molecule has 0 unspecified atom stereocenters. The number of carbonyl (C=O) groups is 2. The lowest BCUT2D eigenvalue weighted by Gasteiger charge is -2.73. The smallest absolute Gasteiger partial charge is 0.330 e. The first kappa shape index (κ1) is 34.1. The summed E-state index contributed by atoms with van der Waals surface area (Å²) in [6, 6.07) is 4.44. The van der Waals surface area contributed by atoms with Gasteiger partial charge in [-0.3, -0.25) is 4.79 Å². The second-order valence-electron chi connectivity index (χ2n) is 17.1. The second-order valence-corrected chi connectivity index (χ2v) is 17.1. The van der Waals surface area contributed by atoms with Crippen LogP contribution in [0.15, 0.2) is 36.4 Å². The van der Waals surface area contributed by atoms with Gasteiger partial charge in [-0.2, -0.15) is 0 Å². The van der Waals surface area contributed by atoms with E-state index in [2.05, 4.69) is 41.2 Å². The Bertz CT molecular complexity index is 1460. The first-order valence-electron chi connectivity index (χ1n) is 17.9. The van der Waals surface area contributed by atoms with E-state index < -0.39 is 11.4 Å². The molecule has 0 heterocycles. The number of phenols is 2. The van der Waals surface area contributed by atoms with Gasteiger partial charge in [-0.1, -0.05) is 45.9 Å². The Balaban J connectivity index is 1.40. The van der Waals surface area contributed by atoms with Crippen LogP contribution in [0, 0.1) is 56.7 Å². The lowest BCUT2D eigenvalue weighted by molar-refractivity contribution is -0.263. The Morgan fingerprint density at radius 1 is 0.936 bits per heavy atom. The summed E-state index contributed by atoms with van der Waals surface area (Å²) in [7, 11) is 1.52. The van der Waals surface area contributed by atoms with Gasteiger partial charge < -0.3 is 24.8 Å². The van der Waals surface area contributed by atoms with Crippen LogP contribution < -0.4 is 0 Å². The van der Waals surface area contributed by atoms with Crippen LogP contribution in [0.4, 0.5) is 0 Å². The molecule has 0 spiro atoms. The molecule has 0 amide bonds. The Labute approximate surface area is 280 Å². The number of phenolic OH excluding ortho intramolecular Hbond substituents is 2. The zero-order valence-electron chi connectivity index (χ0n) is 29.3. The standard InChI is InChI=1S/C40H56O7/c1-24(2)26-14-19-39(35(45)46-7)20-21-40(23-47-33(44)13-9-25-8-11-28(41)29(42)22-25)27(34(26)39)10-12-31-37(5)17-16-32(43)36(3,4)30(37)15-18-38(31,40)6/h8-9,11,13,22,26-27,30-32,34,41-43H,1,10,12,14-21,23H2,2-7H3/b13-9+/t26-,27+,30-,31+,32-,34+,37-,38+,39-,40-/m0/s1. The van der Waals surface area contributed by atoms with E-state index in [9.17, 15) is 24.9 Å². The summed E-state index contributed by atoms with van der Waals surface area (Å²) < 4.78 is 11.9. The van der Waals surface area contributed by atoms with Crippen molar-refractivity contribution in [2.24, 2.45) is 56.7 Å². The lowest BCUT2D eigenvalue weighted by Crippen LogP contribution is -2.69. The summed E-state index contributed by atoms with van der Waals surface area (Å²) in [5.74, 6) is 0.297. The predicted octanol–water partition coefficient (Wildman–Crippen LogP) is 7.83. The highest BCUT2D eigenvalue weighted by molar-refractivity contribution is 5.87. The molecule has 0 radical (unpaired) electrons. The molecule has 7 nitrogen and oxygen atoms in total. The van der Waals surface area contributed by atoms with Crippen molar-refractivity contribution in [3.05, 3.63) is 42.0 Å². The van der Waals surface area contributed by atoms with E-state index in [1.807, 2.05) is 0 Å². The van der Waals surface area contributed by atoms with Crippen molar-refractivity contribution in [2.75, 3.05) is 13.7 Å². The van der Waals surface area contributed by atoms with Crippen LogP contribution >= 0.6 is 0 Å². The maximum absolute atomic E-state index is 13.7. The number of esters is 2. The fourth-order valence-corrected chi connectivity index (χ4v) is 12.9. The Morgan fingerprint density at radius 2 is 1.68 bits per heavy atom. The third-order valence-electron chi connectivity index (χ3n) is 15.2. The van der Waals surface area contributed by atoms with Crippen LogP contribution in [-0.4, -0.2) is 47.1 Å². The van der Waals surface area contributed by atoms with Gasteiger partial charge in [0.1, 0.15) is 0 Å². The fraction of sp³-hybridized carbons (Fsp3) is 0.700. The summed E-state index contributed by atoms with van der Waals surface area (Å²) >= 11 is 0. The number of methoxy groups -OCH3 is 1. The topological polar surface area (TPSA) is 113 Å². The lowest BCUT2D eigenvalue weighted by atomic mass is 9.32. The molecule has 0 aromatic heterocycles. The molecule has 7 heteroatoms. The van der Waals surface area contributed by atoms with Crippen LogP contribution in [0.25, 0.3) is 6.08 Å². The number of hydrogen-bond acceptors (Lipinski definition) is 7. The average Bonchev–Trinajstić information content (AvgIpc) is 3.43. The van der Waals surface area contributed by atoms with Crippen molar-refractivity contribution < 1.29 is 34.4 Å². The highest BCUT2D eigenvalue weighted by atomic mass is 16.5. The molecule has 5 fully saturated rings. The van der Waals surface area contributed by atoms with Gasteiger partial charge in [0.25, 0.3) is 0 Å². The highest BCUT2D eigenvalue weighted by Gasteiger charge is 2.73. The van der Waals surface area contributed by atoms with E-state index in [1.54, 1.807) is 12.1 Å². The van der Waals surface area contributed by atoms with Crippen molar-refractivity contribution in [3.8, 4) is 11.5 Å². The molecule has 10 atom stereocenters. The van der Waals surface area contributed by atoms with Gasteiger partial charge in [0.15, 0.2) is 11.5 Å². The number of benzene rings is 1. The largest absolute Gasteiger partial charge is 0.504 e. The molecule has 0 bridgehead atoms. The van der Waals surface area contributed by atoms with Crippen LogP contribution in [0.5, 0.6) is 11.5 Å². The Hall–Kier alpha value is -2.80. The quantitative estimate of drug-likeness (QED) is 0.125. The number of aromatic hydroxyl groups is 2. The molecule has 47 heavy (non-hydrogen) atoms. The van der Waals surface area contributed by atoms with Crippen molar-refractivity contribution >= 4 is 18.0 Å². The van der Waals surface area contributed by atoms with Crippen molar-refractivity contribution in [2.45, 2.75) is 105 Å². The number of aliphatic hydroxyl groups is 1. The van der Waals surface area contributed by atoms with Crippen LogP contribution in [0.1, 0.15) is 104 Å². The number of ether oxygens (including phenoxy) is 2. The minimum Gasteiger partial charge on any atom is -0.504 e. The Morgan fingerprint density at radius 3 is 2.36 bits per heavy atom.